The van der Waals surface area contributed by atoms with Crippen molar-refractivity contribution in [3.8, 4) is 5.75 Å². The Morgan fingerprint density at radius 3 is 2.16 bits per heavy atom. The number of hydrogen-bond donors (Lipinski definition) is 0. The minimum atomic E-state index is -0.430. The number of amides is 2. The number of methoxy groups -OCH3 is 1. The van der Waals surface area contributed by atoms with E-state index in [4.69, 9.17) is 4.74 Å². The number of para-hydroxylation sites is 1. The molecule has 0 aliphatic carbocycles. The fourth-order valence-corrected chi connectivity index (χ4v) is 3.02. The molecule has 1 aliphatic rings. The lowest BCUT2D eigenvalue weighted by Gasteiger charge is -2.23. The second-order valence-electron chi connectivity index (χ2n) is 5.62. The molecule has 122 valence electrons. The Morgan fingerprint density at radius 2 is 1.52 bits per heavy atom. The minimum Gasteiger partial charge on any atom is -0.496 e. The zero-order chi connectivity index (χ0) is 17.4. The van der Waals surface area contributed by atoms with E-state index < -0.39 is 11.8 Å². The highest BCUT2D eigenvalue weighted by Crippen LogP contribution is 2.30. The molecule has 0 radical (unpaired) electrons. The fraction of sp³-hybridized carbons (Fsp3) is 0.0500. The molecule has 1 heterocycles. The van der Waals surface area contributed by atoms with E-state index in [0.29, 0.717) is 27.8 Å². The number of carbonyl (C=O) groups is 2. The number of hydrazone groups is 1. The van der Waals surface area contributed by atoms with Crippen molar-refractivity contribution in [3.63, 3.8) is 0 Å². The van der Waals surface area contributed by atoms with E-state index >= 15 is 0 Å². The number of rotatable bonds is 3. The maximum absolute atomic E-state index is 12.7. The third kappa shape index (κ3) is 2.37. The van der Waals surface area contributed by atoms with Gasteiger partial charge >= 0.3 is 0 Å². The first kappa shape index (κ1) is 15.1. The first-order chi connectivity index (χ1) is 12.2. The maximum Gasteiger partial charge on any atom is 0.282 e. The monoisotopic (exact) mass is 330 g/mol. The summed E-state index contributed by atoms with van der Waals surface area (Å²) in [7, 11) is 1.56. The van der Waals surface area contributed by atoms with Gasteiger partial charge in [-0.1, -0.05) is 36.4 Å². The molecule has 3 aromatic carbocycles. The summed E-state index contributed by atoms with van der Waals surface area (Å²) in [5.41, 5.74) is 1.64. The molecule has 3 aromatic rings. The van der Waals surface area contributed by atoms with Crippen molar-refractivity contribution in [1.82, 2.24) is 5.01 Å². The van der Waals surface area contributed by atoms with Crippen LogP contribution in [-0.2, 0) is 0 Å². The van der Waals surface area contributed by atoms with Gasteiger partial charge in [-0.05, 0) is 29.7 Å². The molecule has 0 saturated heterocycles. The third-order valence-electron chi connectivity index (χ3n) is 4.20. The summed E-state index contributed by atoms with van der Waals surface area (Å²) in [4.78, 5) is 25.5. The van der Waals surface area contributed by atoms with E-state index in [1.165, 1.54) is 6.21 Å². The van der Waals surface area contributed by atoms with Crippen LogP contribution in [0, 0.1) is 0 Å². The first-order valence-electron chi connectivity index (χ1n) is 7.78. The van der Waals surface area contributed by atoms with Crippen LogP contribution in [0.1, 0.15) is 26.3 Å². The van der Waals surface area contributed by atoms with Gasteiger partial charge in [0.05, 0.1) is 24.5 Å². The zero-order valence-electron chi connectivity index (χ0n) is 13.5. The molecule has 25 heavy (non-hydrogen) atoms. The van der Waals surface area contributed by atoms with Gasteiger partial charge in [-0.15, -0.1) is 0 Å². The van der Waals surface area contributed by atoms with E-state index in [1.54, 1.807) is 43.5 Å². The van der Waals surface area contributed by atoms with E-state index in [-0.39, 0.29) is 0 Å². The summed E-state index contributed by atoms with van der Waals surface area (Å²) in [6, 6.07) is 18.1. The van der Waals surface area contributed by atoms with E-state index in [2.05, 4.69) is 5.10 Å². The molecular weight excluding hydrogens is 316 g/mol. The van der Waals surface area contributed by atoms with Crippen molar-refractivity contribution >= 4 is 28.8 Å². The number of carbonyl (C=O) groups excluding carboxylic acids is 2. The molecule has 0 atom stereocenters. The Balaban J connectivity index is 1.79. The van der Waals surface area contributed by atoms with Gasteiger partial charge in [0.15, 0.2) is 0 Å². The van der Waals surface area contributed by atoms with Crippen LogP contribution in [0.2, 0.25) is 0 Å². The summed E-state index contributed by atoms with van der Waals surface area (Å²) in [6.45, 7) is 0. The largest absolute Gasteiger partial charge is 0.496 e. The van der Waals surface area contributed by atoms with E-state index in [9.17, 15) is 9.59 Å². The van der Waals surface area contributed by atoms with Gasteiger partial charge in [-0.2, -0.15) is 10.1 Å². The van der Waals surface area contributed by atoms with Crippen molar-refractivity contribution in [1.29, 1.82) is 0 Å². The smallest absolute Gasteiger partial charge is 0.282 e. The molecule has 4 rings (SSSR count). The summed E-state index contributed by atoms with van der Waals surface area (Å²) in [5, 5.41) is 6.60. The molecule has 5 heteroatoms. The van der Waals surface area contributed by atoms with Crippen LogP contribution in [0.5, 0.6) is 5.75 Å². The van der Waals surface area contributed by atoms with Crippen LogP contribution in [0.25, 0.3) is 10.8 Å². The van der Waals surface area contributed by atoms with E-state index in [1.807, 2.05) is 24.3 Å². The Morgan fingerprint density at radius 1 is 0.880 bits per heavy atom. The maximum atomic E-state index is 12.7. The third-order valence-corrected chi connectivity index (χ3v) is 4.20. The zero-order valence-corrected chi connectivity index (χ0v) is 13.5. The van der Waals surface area contributed by atoms with Crippen LogP contribution < -0.4 is 4.74 Å². The van der Waals surface area contributed by atoms with Crippen molar-refractivity contribution in [3.05, 3.63) is 77.4 Å². The Bertz CT molecular complexity index is 989. The lowest BCUT2D eigenvalue weighted by atomic mass is 9.95. The molecule has 0 unspecified atom stereocenters. The van der Waals surface area contributed by atoms with Gasteiger partial charge in [0.25, 0.3) is 11.8 Å². The molecule has 1 aliphatic heterocycles. The van der Waals surface area contributed by atoms with Gasteiger partial charge in [0.1, 0.15) is 5.75 Å². The van der Waals surface area contributed by atoms with Crippen LogP contribution in [0.3, 0.4) is 0 Å². The molecule has 5 nitrogen and oxygen atoms in total. The summed E-state index contributed by atoms with van der Waals surface area (Å²) >= 11 is 0. The number of nitrogens with zero attached hydrogens (tertiary/aromatic N) is 2. The predicted molar refractivity (Wildman–Crippen MR) is 95.0 cm³/mol. The molecular formula is C20H14N2O3. The van der Waals surface area contributed by atoms with Crippen molar-refractivity contribution in [2.45, 2.75) is 0 Å². The number of ether oxygens (including phenoxy) is 1. The molecule has 0 saturated carbocycles. The Hall–Kier alpha value is -3.47. The predicted octanol–water partition coefficient (Wildman–Crippen LogP) is 3.48. The molecule has 0 spiro atoms. The Labute approximate surface area is 144 Å². The quantitative estimate of drug-likeness (QED) is 0.546. The summed E-state index contributed by atoms with van der Waals surface area (Å²) in [6.07, 6.45) is 1.46. The highest BCUT2D eigenvalue weighted by atomic mass is 16.5. The number of hydrogen-bond acceptors (Lipinski definition) is 4. The normalized spacial score (nSPS) is 13.7. The molecule has 0 N–H and O–H groups in total. The summed E-state index contributed by atoms with van der Waals surface area (Å²) < 4.78 is 5.26. The summed E-state index contributed by atoms with van der Waals surface area (Å²) in [5.74, 6) is -0.244. The minimum absolute atomic E-state index is 0.430. The second-order valence-corrected chi connectivity index (χ2v) is 5.62. The highest BCUT2D eigenvalue weighted by Gasteiger charge is 2.32. The topological polar surface area (TPSA) is 59.0 Å². The molecule has 2 amide bonds. The van der Waals surface area contributed by atoms with Crippen LogP contribution in [0.15, 0.2) is 65.8 Å². The van der Waals surface area contributed by atoms with Crippen molar-refractivity contribution < 1.29 is 14.3 Å². The average Bonchev–Trinajstić information content (AvgIpc) is 2.66. The van der Waals surface area contributed by atoms with Crippen LogP contribution in [0.4, 0.5) is 0 Å². The average molecular weight is 330 g/mol. The lowest BCUT2D eigenvalue weighted by molar-refractivity contribution is 0.0616. The molecule has 0 fully saturated rings. The van der Waals surface area contributed by atoms with Crippen molar-refractivity contribution in [2.24, 2.45) is 5.10 Å². The van der Waals surface area contributed by atoms with E-state index in [0.717, 1.165) is 10.4 Å². The lowest BCUT2D eigenvalue weighted by Crippen LogP contribution is -2.36. The standard InChI is InChI=1S/C20H14N2O3/c1-25-17-11-3-2-6-14(17)12-21-22-19(23)15-9-4-7-13-8-5-10-16(18(13)15)20(22)24/h2-12H,1H3/b21-12-. The molecule has 0 aromatic heterocycles. The number of imide groups is 1. The highest BCUT2D eigenvalue weighted by molar-refractivity contribution is 6.25. The van der Waals surface area contributed by atoms with Crippen LogP contribution >= 0.6 is 0 Å². The van der Waals surface area contributed by atoms with Gasteiger partial charge in [0, 0.05) is 10.9 Å². The molecule has 0 bridgehead atoms. The Kier molecular flexibility index (Phi) is 3.54. The second kappa shape index (κ2) is 5.87. The van der Waals surface area contributed by atoms with Gasteiger partial charge in [0.2, 0.25) is 0 Å². The SMILES string of the molecule is COc1ccccc1/C=N\N1C(=O)c2cccc3cccc(c23)C1=O. The first-order valence-corrected chi connectivity index (χ1v) is 7.78. The van der Waals surface area contributed by atoms with Crippen LogP contribution in [-0.4, -0.2) is 30.1 Å². The fourth-order valence-electron chi connectivity index (χ4n) is 3.02. The van der Waals surface area contributed by atoms with Gasteiger partial charge in [-0.25, -0.2) is 0 Å². The van der Waals surface area contributed by atoms with Crippen molar-refractivity contribution in [2.75, 3.05) is 7.11 Å². The number of benzene rings is 3. The van der Waals surface area contributed by atoms with Gasteiger partial charge in [-0.3, -0.25) is 9.59 Å². The van der Waals surface area contributed by atoms with Gasteiger partial charge < -0.3 is 4.74 Å².